The van der Waals surface area contributed by atoms with Crippen molar-refractivity contribution in [2.45, 2.75) is 4.90 Å². The third-order valence-corrected chi connectivity index (χ3v) is 4.83. The lowest BCUT2D eigenvalue weighted by atomic mass is 10.3. The van der Waals surface area contributed by atoms with Gasteiger partial charge >= 0.3 is 0 Å². The van der Waals surface area contributed by atoms with Crippen molar-refractivity contribution >= 4 is 31.6 Å². The number of hydrogen-bond acceptors (Lipinski definition) is 5. The van der Waals surface area contributed by atoms with Gasteiger partial charge < -0.3 is 4.74 Å². The van der Waals surface area contributed by atoms with Gasteiger partial charge in [-0.15, -0.1) is 0 Å². The van der Waals surface area contributed by atoms with Crippen LogP contribution in [0.3, 0.4) is 0 Å². The molecule has 0 amide bonds. The topological polar surface area (TPSA) is 81.2 Å². The van der Waals surface area contributed by atoms with Crippen molar-refractivity contribution < 1.29 is 13.2 Å². The summed E-state index contributed by atoms with van der Waals surface area (Å²) in [4.78, 5) is 8.08. The highest BCUT2D eigenvalue weighted by atomic mass is 79.9. The van der Waals surface area contributed by atoms with Gasteiger partial charge in [-0.3, -0.25) is 9.71 Å². The molecule has 0 bridgehead atoms. The van der Waals surface area contributed by atoms with Gasteiger partial charge in [0.25, 0.3) is 10.0 Å². The van der Waals surface area contributed by atoms with Crippen LogP contribution in [0.5, 0.6) is 11.6 Å². The van der Waals surface area contributed by atoms with Crippen LogP contribution in [0.2, 0.25) is 0 Å². The second kappa shape index (κ2) is 6.98. The Morgan fingerprint density at radius 1 is 1.04 bits per heavy atom. The van der Waals surface area contributed by atoms with Crippen molar-refractivity contribution in [3.8, 4) is 11.6 Å². The van der Waals surface area contributed by atoms with Crippen molar-refractivity contribution in [3.63, 3.8) is 0 Å². The number of halogens is 1. The first-order valence-corrected chi connectivity index (χ1v) is 9.13. The number of anilines is 1. The summed E-state index contributed by atoms with van der Waals surface area (Å²) in [6, 6.07) is 13.1. The second-order valence-electron chi connectivity index (χ2n) is 4.74. The largest absolute Gasteiger partial charge is 0.437 e. The van der Waals surface area contributed by atoms with Crippen LogP contribution in [0, 0.1) is 0 Å². The van der Waals surface area contributed by atoms with Gasteiger partial charge in [-0.2, -0.15) is 0 Å². The lowest BCUT2D eigenvalue weighted by molar-refractivity contribution is 0.460. The minimum absolute atomic E-state index is 0.164. The molecule has 1 N–H and O–H groups in total. The molecule has 2 aromatic carbocycles. The summed E-state index contributed by atoms with van der Waals surface area (Å²) in [5.41, 5.74) is 0.386. The summed E-state index contributed by atoms with van der Waals surface area (Å²) in [5.74, 6) is 0.773. The van der Waals surface area contributed by atoms with E-state index in [9.17, 15) is 8.42 Å². The Balaban J connectivity index is 1.82. The van der Waals surface area contributed by atoms with Crippen LogP contribution in [-0.4, -0.2) is 18.4 Å². The molecule has 6 nitrogen and oxygen atoms in total. The maximum absolute atomic E-state index is 12.4. The maximum Gasteiger partial charge on any atom is 0.261 e. The monoisotopic (exact) mass is 405 g/mol. The van der Waals surface area contributed by atoms with Gasteiger partial charge in [-0.1, -0.05) is 28.1 Å². The van der Waals surface area contributed by atoms with Gasteiger partial charge in [0, 0.05) is 22.9 Å². The van der Waals surface area contributed by atoms with Crippen LogP contribution in [0.15, 0.2) is 76.5 Å². The SMILES string of the molecule is O=S(=O)(Nc1cccc(Oc2cnccn2)c1)c1cccc(Br)c1. The number of aromatic nitrogens is 2. The zero-order valence-electron chi connectivity index (χ0n) is 12.3. The summed E-state index contributed by atoms with van der Waals surface area (Å²) in [6.07, 6.45) is 4.52. The normalized spacial score (nSPS) is 11.0. The molecule has 1 heterocycles. The quantitative estimate of drug-likeness (QED) is 0.697. The van der Waals surface area contributed by atoms with E-state index >= 15 is 0 Å². The van der Waals surface area contributed by atoms with E-state index < -0.39 is 10.0 Å². The Bertz CT molecular complexity index is 950. The fourth-order valence-corrected chi connectivity index (χ4v) is 3.58. The molecule has 0 aliphatic carbocycles. The van der Waals surface area contributed by atoms with E-state index in [-0.39, 0.29) is 4.90 Å². The second-order valence-corrected chi connectivity index (χ2v) is 7.33. The Labute approximate surface area is 147 Å². The molecule has 0 saturated heterocycles. The maximum atomic E-state index is 12.4. The fraction of sp³-hybridized carbons (Fsp3) is 0. The molecule has 0 aliphatic rings. The molecular formula is C16H12BrN3O3S. The highest BCUT2D eigenvalue weighted by Crippen LogP contribution is 2.24. The standard InChI is InChI=1S/C16H12BrN3O3S/c17-12-3-1-6-15(9-12)24(21,22)20-13-4-2-5-14(10-13)23-16-11-18-7-8-19-16/h1-11,20H. The average Bonchev–Trinajstić information content (AvgIpc) is 2.56. The highest BCUT2D eigenvalue weighted by Gasteiger charge is 2.14. The third kappa shape index (κ3) is 4.09. The van der Waals surface area contributed by atoms with Gasteiger partial charge in [0.15, 0.2) is 0 Å². The number of hydrogen-bond donors (Lipinski definition) is 1. The number of ether oxygens (including phenoxy) is 1. The van der Waals surface area contributed by atoms with Gasteiger partial charge in [0.2, 0.25) is 5.88 Å². The summed E-state index contributed by atoms with van der Waals surface area (Å²) in [5, 5.41) is 0. The third-order valence-electron chi connectivity index (χ3n) is 2.95. The molecule has 1 aromatic heterocycles. The Hall–Kier alpha value is -2.45. The molecular weight excluding hydrogens is 394 g/mol. The van der Waals surface area contributed by atoms with E-state index in [1.54, 1.807) is 36.4 Å². The van der Waals surface area contributed by atoms with Crippen molar-refractivity contribution in [3.05, 3.63) is 71.6 Å². The predicted molar refractivity (Wildman–Crippen MR) is 93.5 cm³/mol. The zero-order chi connectivity index (χ0) is 17.0. The van der Waals surface area contributed by atoms with E-state index in [2.05, 4.69) is 30.6 Å². The molecule has 0 atom stereocenters. The molecule has 0 radical (unpaired) electrons. The number of nitrogens with one attached hydrogen (secondary N) is 1. The number of sulfonamides is 1. The molecule has 122 valence electrons. The van der Waals surface area contributed by atoms with Gasteiger partial charge in [-0.25, -0.2) is 13.4 Å². The van der Waals surface area contributed by atoms with Crippen LogP contribution in [0.25, 0.3) is 0 Å². The first kappa shape index (κ1) is 16.4. The Morgan fingerprint density at radius 3 is 2.62 bits per heavy atom. The molecule has 8 heteroatoms. The van der Waals surface area contributed by atoms with Crippen molar-refractivity contribution in [2.75, 3.05) is 4.72 Å². The van der Waals surface area contributed by atoms with Gasteiger partial charge in [-0.05, 0) is 30.3 Å². The number of nitrogens with zero attached hydrogens (tertiary/aromatic N) is 2. The minimum Gasteiger partial charge on any atom is -0.437 e. The average molecular weight is 406 g/mol. The van der Waals surface area contributed by atoms with Crippen LogP contribution < -0.4 is 9.46 Å². The van der Waals surface area contributed by atoms with Crippen molar-refractivity contribution in [1.29, 1.82) is 0 Å². The van der Waals surface area contributed by atoms with Crippen LogP contribution in [0.1, 0.15) is 0 Å². The van der Waals surface area contributed by atoms with E-state index in [1.165, 1.54) is 30.7 Å². The Kier molecular flexibility index (Phi) is 4.77. The summed E-state index contributed by atoms with van der Waals surface area (Å²) < 4.78 is 33.6. The molecule has 3 aromatic rings. The first-order chi connectivity index (χ1) is 11.5. The molecule has 24 heavy (non-hydrogen) atoms. The van der Waals surface area contributed by atoms with E-state index in [0.717, 1.165) is 0 Å². The van der Waals surface area contributed by atoms with Crippen LogP contribution >= 0.6 is 15.9 Å². The van der Waals surface area contributed by atoms with Crippen LogP contribution in [0.4, 0.5) is 5.69 Å². The molecule has 0 aliphatic heterocycles. The van der Waals surface area contributed by atoms with Crippen LogP contribution in [-0.2, 0) is 10.0 Å². The Morgan fingerprint density at radius 2 is 1.88 bits per heavy atom. The van der Waals surface area contributed by atoms with E-state index in [4.69, 9.17) is 4.74 Å². The summed E-state index contributed by atoms with van der Waals surface area (Å²) >= 11 is 3.26. The smallest absolute Gasteiger partial charge is 0.261 e. The lowest BCUT2D eigenvalue weighted by Gasteiger charge is -2.10. The molecule has 0 saturated carbocycles. The lowest BCUT2D eigenvalue weighted by Crippen LogP contribution is -2.12. The van der Waals surface area contributed by atoms with E-state index in [0.29, 0.717) is 21.8 Å². The fourth-order valence-electron chi connectivity index (χ4n) is 1.93. The van der Waals surface area contributed by atoms with E-state index in [1.807, 2.05) is 0 Å². The highest BCUT2D eigenvalue weighted by molar-refractivity contribution is 9.10. The molecule has 0 unspecified atom stereocenters. The minimum atomic E-state index is -3.69. The molecule has 0 fully saturated rings. The van der Waals surface area contributed by atoms with Gasteiger partial charge in [0.05, 0.1) is 16.8 Å². The molecule has 0 spiro atoms. The molecule has 3 rings (SSSR count). The predicted octanol–water partition coefficient (Wildman–Crippen LogP) is 3.83. The van der Waals surface area contributed by atoms with Crippen molar-refractivity contribution in [1.82, 2.24) is 9.97 Å². The zero-order valence-corrected chi connectivity index (χ0v) is 14.7. The number of benzene rings is 2. The first-order valence-electron chi connectivity index (χ1n) is 6.85. The summed E-state index contributed by atoms with van der Waals surface area (Å²) in [6.45, 7) is 0. The van der Waals surface area contributed by atoms with Gasteiger partial charge in [0.1, 0.15) is 5.75 Å². The van der Waals surface area contributed by atoms with Crippen molar-refractivity contribution in [2.24, 2.45) is 0 Å². The summed E-state index contributed by atoms with van der Waals surface area (Å²) in [7, 11) is -3.69. The number of rotatable bonds is 5.